The molecule has 11 aromatic rings. The molecule has 0 spiro atoms. The number of fused-ring (bicyclic) bond motifs is 11. The highest BCUT2D eigenvalue weighted by Crippen LogP contribution is 2.53. The smallest absolute Gasteiger partial charge is 0.0433 e. The fourth-order valence-electron chi connectivity index (χ4n) is 9.88. The molecule has 0 bridgehead atoms. The van der Waals surface area contributed by atoms with E-state index in [0.717, 1.165) is 0 Å². The van der Waals surface area contributed by atoms with Crippen LogP contribution in [-0.2, 0) is 5.41 Å². The summed E-state index contributed by atoms with van der Waals surface area (Å²) in [5.74, 6) is 0. The van der Waals surface area contributed by atoms with Crippen LogP contribution in [0.2, 0.25) is 0 Å². The SMILES string of the molecule is CC1(C)c2ccc(-c3c4ccccc4c(-c4cccc(-c5ccc6ccccc6c5)c4)c4ccccc34)cc2-c2cc3ccc4c5ccccc5sc4c3cc21. The Labute approximate surface area is 329 Å². The van der Waals surface area contributed by atoms with E-state index in [1.165, 1.54) is 119 Å². The van der Waals surface area contributed by atoms with Gasteiger partial charge in [-0.2, -0.15) is 0 Å². The van der Waals surface area contributed by atoms with Crippen molar-refractivity contribution in [3.63, 3.8) is 0 Å². The molecule has 1 heteroatoms. The van der Waals surface area contributed by atoms with E-state index in [4.69, 9.17) is 0 Å². The first kappa shape index (κ1) is 31.8. The van der Waals surface area contributed by atoms with Gasteiger partial charge >= 0.3 is 0 Å². The van der Waals surface area contributed by atoms with Crippen molar-refractivity contribution >= 4 is 74.6 Å². The van der Waals surface area contributed by atoms with Gasteiger partial charge in [-0.1, -0.05) is 159 Å². The van der Waals surface area contributed by atoms with Crippen molar-refractivity contribution in [2.75, 3.05) is 0 Å². The second-order valence-corrected chi connectivity index (χ2v) is 17.1. The Kier molecular flexibility index (Phi) is 6.66. The van der Waals surface area contributed by atoms with E-state index in [9.17, 15) is 0 Å². The summed E-state index contributed by atoms with van der Waals surface area (Å²) in [4.78, 5) is 0. The summed E-state index contributed by atoms with van der Waals surface area (Å²) in [5.41, 5.74) is 13.0. The van der Waals surface area contributed by atoms with E-state index < -0.39 is 0 Å². The van der Waals surface area contributed by atoms with Gasteiger partial charge in [0.05, 0.1) is 0 Å². The molecular weight excluding hydrogens is 693 g/mol. The van der Waals surface area contributed by atoms with E-state index in [0.29, 0.717) is 0 Å². The molecule has 1 aromatic heterocycles. The van der Waals surface area contributed by atoms with Crippen LogP contribution in [0.25, 0.3) is 108 Å². The van der Waals surface area contributed by atoms with Gasteiger partial charge < -0.3 is 0 Å². The van der Waals surface area contributed by atoms with Crippen molar-refractivity contribution in [2.45, 2.75) is 19.3 Å². The summed E-state index contributed by atoms with van der Waals surface area (Å²) in [6, 6.07) is 68.3. The fraction of sp³-hybridized carbons (Fsp3) is 0.0545. The van der Waals surface area contributed by atoms with E-state index >= 15 is 0 Å². The molecule has 10 aromatic carbocycles. The molecular formula is C55H36S. The Hall–Kier alpha value is -6.54. The largest absolute Gasteiger partial charge is 0.135 e. The highest BCUT2D eigenvalue weighted by molar-refractivity contribution is 7.26. The standard InChI is InChI=1S/C55H36S/c1-55(2)49-27-25-39(31-47(49)48-30-37-24-26-45-40-16-9-10-21-51(40)56-54(45)46(37)32-50(48)55)53-43-19-7-5-17-41(43)52(42-18-6-8-20-44(42)53)38-15-11-14-35(29-38)36-23-22-33-12-3-4-13-34(33)28-36/h3-32H,1-2H3. The molecule has 0 N–H and O–H groups in total. The second kappa shape index (κ2) is 11.7. The lowest BCUT2D eigenvalue weighted by atomic mass is 9.81. The third kappa shape index (κ3) is 4.53. The summed E-state index contributed by atoms with van der Waals surface area (Å²) in [5, 5.41) is 13.0. The predicted octanol–water partition coefficient (Wildman–Crippen LogP) is 16.0. The van der Waals surface area contributed by atoms with Gasteiger partial charge in [-0.05, 0) is 135 Å². The number of hydrogen-bond acceptors (Lipinski definition) is 1. The second-order valence-electron chi connectivity index (χ2n) is 16.0. The zero-order valence-electron chi connectivity index (χ0n) is 31.2. The number of thiophene rings is 1. The zero-order valence-corrected chi connectivity index (χ0v) is 32.0. The van der Waals surface area contributed by atoms with Gasteiger partial charge in [0.15, 0.2) is 0 Å². The van der Waals surface area contributed by atoms with Crippen LogP contribution in [0.3, 0.4) is 0 Å². The summed E-state index contributed by atoms with van der Waals surface area (Å²) in [6.07, 6.45) is 0. The lowest BCUT2D eigenvalue weighted by molar-refractivity contribution is 0.661. The molecule has 0 saturated heterocycles. The van der Waals surface area contributed by atoms with Crippen molar-refractivity contribution in [3.8, 4) is 44.5 Å². The first-order chi connectivity index (χ1) is 27.5. The Morgan fingerprint density at radius 2 is 0.911 bits per heavy atom. The van der Waals surface area contributed by atoms with Crippen LogP contribution in [-0.4, -0.2) is 0 Å². The van der Waals surface area contributed by atoms with E-state index in [2.05, 4.69) is 196 Å². The van der Waals surface area contributed by atoms with Gasteiger partial charge in [0.1, 0.15) is 0 Å². The topological polar surface area (TPSA) is 0 Å². The Balaban J connectivity index is 1.05. The van der Waals surface area contributed by atoms with Crippen LogP contribution in [0.1, 0.15) is 25.0 Å². The summed E-state index contributed by atoms with van der Waals surface area (Å²) in [6.45, 7) is 4.81. The van der Waals surface area contributed by atoms with Gasteiger partial charge in [-0.3, -0.25) is 0 Å². The first-order valence-corrected chi connectivity index (χ1v) is 20.4. The van der Waals surface area contributed by atoms with E-state index in [-0.39, 0.29) is 5.41 Å². The maximum Gasteiger partial charge on any atom is 0.0433 e. The average Bonchev–Trinajstić information content (AvgIpc) is 3.73. The molecule has 0 unspecified atom stereocenters. The van der Waals surface area contributed by atoms with Gasteiger partial charge in [0.2, 0.25) is 0 Å². The Bertz CT molecular complexity index is 3390. The third-order valence-corrected chi connectivity index (χ3v) is 13.8. The lowest BCUT2D eigenvalue weighted by Gasteiger charge is -2.22. The summed E-state index contributed by atoms with van der Waals surface area (Å²) >= 11 is 1.92. The number of benzene rings is 10. The minimum Gasteiger partial charge on any atom is -0.135 e. The number of rotatable bonds is 3. The maximum absolute atomic E-state index is 2.51. The first-order valence-electron chi connectivity index (χ1n) is 19.6. The van der Waals surface area contributed by atoms with Crippen molar-refractivity contribution in [2.24, 2.45) is 0 Å². The molecule has 0 aliphatic heterocycles. The normalized spacial score (nSPS) is 13.3. The van der Waals surface area contributed by atoms with Crippen LogP contribution < -0.4 is 0 Å². The minimum atomic E-state index is -0.111. The Morgan fingerprint density at radius 3 is 1.66 bits per heavy atom. The van der Waals surface area contributed by atoms with Crippen LogP contribution in [0.15, 0.2) is 182 Å². The molecule has 0 amide bonds. The lowest BCUT2D eigenvalue weighted by Crippen LogP contribution is -2.14. The summed E-state index contributed by atoms with van der Waals surface area (Å²) < 4.78 is 2.74. The van der Waals surface area contributed by atoms with Crippen LogP contribution in [0.5, 0.6) is 0 Å². The minimum absolute atomic E-state index is 0.111. The van der Waals surface area contributed by atoms with Gasteiger partial charge in [-0.15, -0.1) is 11.3 Å². The van der Waals surface area contributed by atoms with Crippen LogP contribution in [0.4, 0.5) is 0 Å². The van der Waals surface area contributed by atoms with Gasteiger partial charge in [0.25, 0.3) is 0 Å². The average molecular weight is 729 g/mol. The fourth-order valence-corrected chi connectivity index (χ4v) is 11.1. The molecule has 262 valence electrons. The number of hydrogen-bond donors (Lipinski definition) is 0. The van der Waals surface area contributed by atoms with Gasteiger partial charge in [-0.25, -0.2) is 0 Å². The molecule has 0 fully saturated rings. The molecule has 12 rings (SSSR count). The highest BCUT2D eigenvalue weighted by Gasteiger charge is 2.36. The van der Waals surface area contributed by atoms with E-state index in [1.54, 1.807) is 0 Å². The quantitative estimate of drug-likeness (QED) is 0.159. The molecule has 1 aliphatic rings. The molecule has 0 radical (unpaired) electrons. The van der Waals surface area contributed by atoms with Crippen LogP contribution >= 0.6 is 11.3 Å². The van der Waals surface area contributed by atoms with Crippen molar-refractivity contribution in [1.82, 2.24) is 0 Å². The van der Waals surface area contributed by atoms with Crippen molar-refractivity contribution in [1.29, 1.82) is 0 Å². The summed E-state index contributed by atoms with van der Waals surface area (Å²) in [7, 11) is 0. The van der Waals surface area contributed by atoms with Gasteiger partial charge in [0, 0.05) is 25.6 Å². The molecule has 0 atom stereocenters. The maximum atomic E-state index is 2.51. The van der Waals surface area contributed by atoms with Crippen molar-refractivity contribution < 1.29 is 0 Å². The van der Waals surface area contributed by atoms with Crippen molar-refractivity contribution in [3.05, 3.63) is 193 Å². The highest BCUT2D eigenvalue weighted by atomic mass is 32.1. The predicted molar refractivity (Wildman–Crippen MR) is 243 cm³/mol. The van der Waals surface area contributed by atoms with E-state index in [1.807, 2.05) is 11.3 Å². The molecule has 0 nitrogen and oxygen atoms in total. The molecule has 1 aliphatic carbocycles. The molecule has 56 heavy (non-hydrogen) atoms. The Morgan fingerprint density at radius 1 is 0.339 bits per heavy atom. The zero-order chi connectivity index (χ0) is 37.1. The monoisotopic (exact) mass is 728 g/mol. The van der Waals surface area contributed by atoms with Crippen LogP contribution in [0, 0.1) is 0 Å². The molecule has 1 heterocycles. The third-order valence-electron chi connectivity index (χ3n) is 12.6. The molecule has 0 saturated carbocycles.